The Balaban J connectivity index is 1.83. The fourth-order valence-corrected chi connectivity index (χ4v) is 2.80. The van der Waals surface area contributed by atoms with Crippen molar-refractivity contribution in [2.45, 2.75) is 6.18 Å². The first kappa shape index (κ1) is 16.9. The average Bonchev–Trinajstić information content (AvgIpc) is 3.06. The van der Waals surface area contributed by atoms with Crippen molar-refractivity contribution in [3.8, 4) is 16.3 Å². The molecule has 2 heterocycles. The van der Waals surface area contributed by atoms with Crippen LogP contribution in [-0.4, -0.2) is 21.0 Å². The molecule has 2 aromatic heterocycles. The van der Waals surface area contributed by atoms with Crippen LogP contribution in [0.5, 0.6) is 5.75 Å². The third-order valence-electron chi connectivity index (χ3n) is 3.19. The molecule has 128 valence electrons. The van der Waals surface area contributed by atoms with Gasteiger partial charge in [0, 0.05) is 17.1 Å². The molecule has 25 heavy (non-hydrogen) atoms. The van der Waals surface area contributed by atoms with Gasteiger partial charge in [0.25, 0.3) is 5.91 Å². The number of aromatic nitrogens is 2. The molecular formula is C16H10F3N3O2S. The number of hydrogen-bond acceptors (Lipinski definition) is 5. The molecule has 3 aromatic rings. The summed E-state index contributed by atoms with van der Waals surface area (Å²) in [5.41, 5.74) is -0.508. The lowest BCUT2D eigenvalue weighted by Gasteiger charge is -2.07. The van der Waals surface area contributed by atoms with E-state index in [1.807, 2.05) is 0 Å². The second-order valence-electron chi connectivity index (χ2n) is 4.94. The number of halogens is 3. The summed E-state index contributed by atoms with van der Waals surface area (Å²) in [5.74, 6) is -0.853. The van der Waals surface area contributed by atoms with Gasteiger partial charge in [-0.25, -0.2) is 9.97 Å². The first-order valence-electron chi connectivity index (χ1n) is 6.93. The molecule has 9 heteroatoms. The second kappa shape index (κ2) is 6.52. The third-order valence-corrected chi connectivity index (χ3v) is 4.08. The van der Waals surface area contributed by atoms with Gasteiger partial charge >= 0.3 is 6.18 Å². The summed E-state index contributed by atoms with van der Waals surface area (Å²) in [5, 5.41) is 13.7. The van der Waals surface area contributed by atoms with Crippen molar-refractivity contribution in [3.63, 3.8) is 0 Å². The van der Waals surface area contributed by atoms with Crippen molar-refractivity contribution in [1.29, 1.82) is 0 Å². The summed E-state index contributed by atoms with van der Waals surface area (Å²) in [7, 11) is 0. The zero-order valence-electron chi connectivity index (χ0n) is 12.4. The number of carbonyl (C=O) groups excluding carboxylic acids is 1. The Bertz CT molecular complexity index is 925. The zero-order chi connectivity index (χ0) is 18.0. The number of thiazole rings is 1. The third kappa shape index (κ3) is 3.77. The standard InChI is InChI=1S/C16H10F3N3O2S/c17-16(18,19)10-4-1-3-9(7-10)15-21-11(8-25-15)14(24)22-13-12(23)5-2-6-20-13/h1-8,23H,(H,20,22,24). The molecule has 0 spiro atoms. The van der Waals surface area contributed by atoms with Gasteiger partial charge in [-0.2, -0.15) is 13.2 Å². The minimum absolute atomic E-state index is 0.0162. The molecule has 0 bridgehead atoms. The van der Waals surface area contributed by atoms with Gasteiger partial charge in [0.15, 0.2) is 11.6 Å². The summed E-state index contributed by atoms with van der Waals surface area (Å²) < 4.78 is 38.4. The van der Waals surface area contributed by atoms with Gasteiger partial charge < -0.3 is 10.4 Å². The molecule has 0 saturated carbocycles. The predicted octanol–water partition coefficient (Wildman–Crippen LogP) is 4.18. The molecule has 0 fully saturated rings. The predicted molar refractivity (Wildman–Crippen MR) is 86.4 cm³/mol. The van der Waals surface area contributed by atoms with Crippen molar-refractivity contribution in [2.24, 2.45) is 0 Å². The maximum Gasteiger partial charge on any atom is 0.416 e. The number of pyridine rings is 1. The fraction of sp³-hybridized carbons (Fsp3) is 0.0625. The lowest BCUT2D eigenvalue weighted by molar-refractivity contribution is -0.137. The molecule has 0 radical (unpaired) electrons. The van der Waals surface area contributed by atoms with E-state index in [4.69, 9.17) is 0 Å². The molecule has 3 rings (SSSR count). The number of nitrogens with zero attached hydrogens (tertiary/aromatic N) is 2. The van der Waals surface area contributed by atoms with E-state index in [0.29, 0.717) is 0 Å². The van der Waals surface area contributed by atoms with Crippen LogP contribution in [-0.2, 0) is 6.18 Å². The van der Waals surface area contributed by atoms with Crippen LogP contribution in [0.15, 0.2) is 48.0 Å². The van der Waals surface area contributed by atoms with Crippen molar-refractivity contribution in [1.82, 2.24) is 9.97 Å². The van der Waals surface area contributed by atoms with Crippen molar-refractivity contribution >= 4 is 23.1 Å². The van der Waals surface area contributed by atoms with E-state index in [0.717, 1.165) is 23.5 Å². The molecule has 0 atom stereocenters. The Labute approximate surface area is 143 Å². The second-order valence-corrected chi connectivity index (χ2v) is 5.80. The van der Waals surface area contributed by atoms with E-state index < -0.39 is 17.6 Å². The van der Waals surface area contributed by atoms with Gasteiger partial charge in [0.2, 0.25) is 0 Å². The highest BCUT2D eigenvalue weighted by Gasteiger charge is 2.30. The topological polar surface area (TPSA) is 75.1 Å². The summed E-state index contributed by atoms with van der Waals surface area (Å²) in [6.07, 6.45) is -3.06. The Morgan fingerprint density at radius 3 is 2.72 bits per heavy atom. The number of benzene rings is 1. The fourth-order valence-electron chi connectivity index (χ4n) is 2.00. The normalized spacial score (nSPS) is 11.3. The smallest absolute Gasteiger partial charge is 0.416 e. The molecule has 2 N–H and O–H groups in total. The van der Waals surface area contributed by atoms with Gasteiger partial charge in [-0.15, -0.1) is 11.3 Å². The Morgan fingerprint density at radius 1 is 1.20 bits per heavy atom. The van der Waals surface area contributed by atoms with E-state index in [9.17, 15) is 23.1 Å². The van der Waals surface area contributed by atoms with Crippen molar-refractivity contribution < 1.29 is 23.1 Å². The van der Waals surface area contributed by atoms with Crippen LogP contribution >= 0.6 is 11.3 Å². The highest BCUT2D eigenvalue weighted by Crippen LogP contribution is 2.33. The van der Waals surface area contributed by atoms with E-state index >= 15 is 0 Å². The molecule has 0 saturated heterocycles. The number of nitrogens with one attached hydrogen (secondary N) is 1. The number of carbonyl (C=O) groups is 1. The molecule has 1 aromatic carbocycles. The highest BCUT2D eigenvalue weighted by atomic mass is 32.1. The van der Waals surface area contributed by atoms with E-state index in [-0.39, 0.29) is 27.8 Å². The Morgan fingerprint density at radius 2 is 2.00 bits per heavy atom. The number of alkyl halides is 3. The van der Waals surface area contributed by atoms with Crippen LogP contribution in [0.4, 0.5) is 19.0 Å². The molecule has 0 aliphatic rings. The van der Waals surface area contributed by atoms with Gasteiger partial charge in [-0.05, 0) is 24.3 Å². The number of aromatic hydroxyl groups is 1. The van der Waals surface area contributed by atoms with E-state index in [1.165, 1.54) is 35.8 Å². The van der Waals surface area contributed by atoms with Crippen LogP contribution in [0.1, 0.15) is 16.1 Å². The molecule has 0 aliphatic heterocycles. The largest absolute Gasteiger partial charge is 0.504 e. The summed E-state index contributed by atoms with van der Waals surface area (Å²) >= 11 is 1.04. The summed E-state index contributed by atoms with van der Waals surface area (Å²) in [6.45, 7) is 0. The van der Waals surface area contributed by atoms with E-state index in [1.54, 1.807) is 0 Å². The Kier molecular flexibility index (Phi) is 4.41. The van der Waals surface area contributed by atoms with Crippen LogP contribution < -0.4 is 5.32 Å². The quantitative estimate of drug-likeness (QED) is 0.730. The van der Waals surface area contributed by atoms with Crippen molar-refractivity contribution in [3.05, 3.63) is 59.2 Å². The maximum absolute atomic E-state index is 12.8. The van der Waals surface area contributed by atoms with Crippen LogP contribution in [0.25, 0.3) is 10.6 Å². The highest BCUT2D eigenvalue weighted by molar-refractivity contribution is 7.13. The zero-order valence-corrected chi connectivity index (χ0v) is 13.2. The average molecular weight is 365 g/mol. The van der Waals surface area contributed by atoms with Crippen LogP contribution in [0.3, 0.4) is 0 Å². The Hall–Kier alpha value is -2.94. The lowest BCUT2D eigenvalue weighted by Crippen LogP contribution is -2.13. The van der Waals surface area contributed by atoms with Gasteiger partial charge in [0.1, 0.15) is 10.7 Å². The number of rotatable bonds is 3. The maximum atomic E-state index is 12.8. The number of hydrogen-bond donors (Lipinski definition) is 2. The number of amides is 1. The number of anilines is 1. The van der Waals surface area contributed by atoms with E-state index in [2.05, 4.69) is 15.3 Å². The van der Waals surface area contributed by atoms with Crippen LogP contribution in [0, 0.1) is 0 Å². The lowest BCUT2D eigenvalue weighted by atomic mass is 10.1. The monoisotopic (exact) mass is 365 g/mol. The van der Waals surface area contributed by atoms with Gasteiger partial charge in [0.05, 0.1) is 5.56 Å². The first-order chi connectivity index (χ1) is 11.8. The SMILES string of the molecule is O=C(Nc1ncccc1O)c1csc(-c2cccc(C(F)(F)F)c2)n1. The van der Waals surface area contributed by atoms with Gasteiger partial charge in [-0.1, -0.05) is 12.1 Å². The minimum atomic E-state index is -4.45. The summed E-state index contributed by atoms with van der Waals surface area (Å²) in [4.78, 5) is 20.0. The minimum Gasteiger partial charge on any atom is -0.504 e. The molecule has 0 aliphatic carbocycles. The van der Waals surface area contributed by atoms with Gasteiger partial charge in [-0.3, -0.25) is 4.79 Å². The molecule has 1 amide bonds. The molecule has 5 nitrogen and oxygen atoms in total. The van der Waals surface area contributed by atoms with Crippen LogP contribution in [0.2, 0.25) is 0 Å². The summed E-state index contributed by atoms with van der Waals surface area (Å²) in [6, 6.07) is 7.57. The molecule has 0 unspecified atom stereocenters. The molecular weight excluding hydrogens is 355 g/mol. The van der Waals surface area contributed by atoms with Crippen molar-refractivity contribution in [2.75, 3.05) is 5.32 Å². The first-order valence-corrected chi connectivity index (χ1v) is 7.81.